The van der Waals surface area contributed by atoms with E-state index < -0.39 is 18.2 Å². The number of carbonyl (C=O) groups is 2. The van der Waals surface area contributed by atoms with Crippen LogP contribution in [0.2, 0.25) is 0 Å². The lowest BCUT2D eigenvalue weighted by Gasteiger charge is -2.37. The van der Waals surface area contributed by atoms with Gasteiger partial charge in [-0.05, 0) is 30.2 Å². The molecule has 0 bridgehead atoms. The van der Waals surface area contributed by atoms with Gasteiger partial charge in [-0.2, -0.15) is 0 Å². The van der Waals surface area contributed by atoms with Crippen LogP contribution in [0.5, 0.6) is 5.75 Å². The van der Waals surface area contributed by atoms with Crippen molar-refractivity contribution in [1.29, 1.82) is 0 Å². The van der Waals surface area contributed by atoms with E-state index in [9.17, 15) is 9.59 Å². The number of methoxy groups -OCH3 is 1. The van der Waals surface area contributed by atoms with Gasteiger partial charge in [0.2, 0.25) is 5.95 Å². The number of nitrogens with one attached hydrogen (secondary N) is 1. The number of ether oxygens (including phenoxy) is 1. The molecule has 2 aromatic carbocycles. The Morgan fingerprint density at radius 3 is 2.66 bits per heavy atom. The summed E-state index contributed by atoms with van der Waals surface area (Å²) in [5, 5.41) is 11.3. The van der Waals surface area contributed by atoms with E-state index in [0.29, 0.717) is 24.1 Å². The smallest absolute Gasteiger partial charge is 0.325 e. The topological polar surface area (TPSA) is 92.6 Å². The number of carbonyl (C=O) groups excluding carboxylic acids is 2. The Bertz CT molecular complexity index is 1200. The number of fused-ring (bicyclic) bond motifs is 3. The summed E-state index contributed by atoms with van der Waals surface area (Å²) in [5.74, 6) is 1.36. The molecule has 3 aromatic rings. The molecule has 1 aromatic heterocycles. The number of urea groups is 1. The second-order valence-corrected chi connectivity index (χ2v) is 8.65. The number of likely N-dealkylation sites (N-methyl/N-ethyl adjacent to an activating group) is 1. The molecule has 5 rings (SSSR count). The van der Waals surface area contributed by atoms with Gasteiger partial charge in [0.05, 0.1) is 12.7 Å². The lowest BCUT2D eigenvalue weighted by Crippen LogP contribution is -2.61. The zero-order chi connectivity index (χ0) is 22.4. The van der Waals surface area contributed by atoms with Gasteiger partial charge in [0, 0.05) is 18.1 Å². The van der Waals surface area contributed by atoms with Gasteiger partial charge in [-0.1, -0.05) is 46.3 Å². The van der Waals surface area contributed by atoms with Gasteiger partial charge in [-0.25, -0.2) is 4.79 Å². The Hall–Kier alpha value is -3.40. The highest BCUT2D eigenvalue weighted by molar-refractivity contribution is 9.10. The maximum Gasteiger partial charge on any atom is 0.325 e. The van der Waals surface area contributed by atoms with Gasteiger partial charge in [-0.15, -0.1) is 10.2 Å². The Kier molecular flexibility index (Phi) is 5.09. The van der Waals surface area contributed by atoms with Crippen LogP contribution in [-0.2, 0) is 11.2 Å². The van der Waals surface area contributed by atoms with Crippen molar-refractivity contribution in [1.82, 2.24) is 25.0 Å². The highest BCUT2D eigenvalue weighted by Crippen LogP contribution is 2.43. The third kappa shape index (κ3) is 3.22. The molecule has 164 valence electrons. The summed E-state index contributed by atoms with van der Waals surface area (Å²) in [6.07, 6.45) is 0.146. The lowest BCUT2D eigenvalue weighted by atomic mass is 10.1. The van der Waals surface area contributed by atoms with Crippen molar-refractivity contribution >= 4 is 33.8 Å². The summed E-state index contributed by atoms with van der Waals surface area (Å²) in [4.78, 5) is 28.9. The predicted molar refractivity (Wildman–Crippen MR) is 121 cm³/mol. The quantitative estimate of drug-likeness (QED) is 0.583. The van der Waals surface area contributed by atoms with Gasteiger partial charge in [-0.3, -0.25) is 14.7 Å². The molecule has 9 nitrogen and oxygen atoms in total. The summed E-state index contributed by atoms with van der Waals surface area (Å²) >= 11 is 3.50. The fraction of sp³-hybridized carbons (Fsp3) is 0.273. The van der Waals surface area contributed by atoms with Crippen LogP contribution in [-0.4, -0.2) is 58.3 Å². The number of imide groups is 1. The van der Waals surface area contributed by atoms with Crippen LogP contribution in [0.1, 0.15) is 11.7 Å². The molecular weight excluding hydrogens is 476 g/mol. The maximum atomic E-state index is 13.0. The standard InChI is InChI=1S/C22H21BrN6O3/c1-27-20-17(19(30)24-22(27)31)28(11-10-13-6-4-3-5-7-13)21-26-25-18(29(20)21)15-12-14(23)8-9-16(15)32-2/h3-9,12,17,20H,10-11H2,1-2H3,(H,24,30,31). The van der Waals surface area contributed by atoms with Crippen LogP contribution < -0.4 is 15.0 Å². The number of halogens is 1. The van der Waals surface area contributed by atoms with Gasteiger partial charge in [0.15, 0.2) is 11.9 Å². The molecule has 2 unspecified atom stereocenters. The lowest BCUT2D eigenvalue weighted by molar-refractivity contribution is -0.124. The largest absolute Gasteiger partial charge is 0.496 e. The van der Waals surface area contributed by atoms with Crippen molar-refractivity contribution in [2.24, 2.45) is 0 Å². The van der Waals surface area contributed by atoms with Crippen molar-refractivity contribution in [3.8, 4) is 17.1 Å². The highest BCUT2D eigenvalue weighted by atomic mass is 79.9. The van der Waals surface area contributed by atoms with Crippen LogP contribution in [0, 0.1) is 0 Å². The SMILES string of the molecule is COc1ccc(Br)cc1-c1nnc2n1C1C(C(=O)NC(=O)N1C)N2CCc1ccccc1. The van der Waals surface area contributed by atoms with E-state index in [1.165, 1.54) is 4.90 Å². The van der Waals surface area contributed by atoms with Crippen molar-refractivity contribution in [2.75, 3.05) is 25.6 Å². The molecule has 0 aliphatic carbocycles. The zero-order valence-electron chi connectivity index (χ0n) is 17.5. The van der Waals surface area contributed by atoms with E-state index in [1.54, 1.807) is 14.2 Å². The van der Waals surface area contributed by atoms with E-state index in [-0.39, 0.29) is 5.91 Å². The average molecular weight is 497 g/mol. The molecule has 0 saturated carbocycles. The van der Waals surface area contributed by atoms with Crippen molar-refractivity contribution in [3.63, 3.8) is 0 Å². The second-order valence-electron chi connectivity index (χ2n) is 7.73. The van der Waals surface area contributed by atoms with E-state index in [1.807, 2.05) is 58.0 Å². The number of benzene rings is 2. The number of nitrogens with zero attached hydrogens (tertiary/aromatic N) is 5. The molecule has 1 saturated heterocycles. The molecule has 2 aliphatic rings. The molecule has 32 heavy (non-hydrogen) atoms. The summed E-state index contributed by atoms with van der Waals surface area (Å²) in [5.41, 5.74) is 1.87. The number of rotatable bonds is 5. The number of aromatic nitrogens is 3. The van der Waals surface area contributed by atoms with Gasteiger partial charge in [0.25, 0.3) is 5.91 Å². The Morgan fingerprint density at radius 1 is 1.12 bits per heavy atom. The number of hydrogen-bond donors (Lipinski definition) is 1. The fourth-order valence-corrected chi connectivity index (χ4v) is 4.73. The third-order valence-electron chi connectivity index (χ3n) is 5.92. The van der Waals surface area contributed by atoms with E-state index >= 15 is 0 Å². The molecule has 3 heterocycles. The van der Waals surface area contributed by atoms with E-state index in [4.69, 9.17) is 4.74 Å². The molecule has 1 N–H and O–H groups in total. The first kappa shape index (κ1) is 20.5. The molecule has 2 atom stereocenters. The minimum atomic E-state index is -0.608. The third-order valence-corrected chi connectivity index (χ3v) is 6.41. The van der Waals surface area contributed by atoms with Crippen molar-refractivity contribution < 1.29 is 14.3 Å². The van der Waals surface area contributed by atoms with E-state index in [2.05, 4.69) is 31.4 Å². The molecule has 2 aliphatic heterocycles. The van der Waals surface area contributed by atoms with Crippen LogP contribution in [0.15, 0.2) is 53.0 Å². The Morgan fingerprint density at radius 2 is 1.91 bits per heavy atom. The Labute approximate surface area is 193 Å². The van der Waals surface area contributed by atoms with Crippen LogP contribution in [0.4, 0.5) is 10.7 Å². The molecule has 3 amide bonds. The first-order valence-corrected chi connectivity index (χ1v) is 11.0. The minimum Gasteiger partial charge on any atom is -0.496 e. The first-order chi connectivity index (χ1) is 15.5. The molecule has 10 heteroatoms. The summed E-state index contributed by atoms with van der Waals surface area (Å²) in [7, 11) is 3.26. The highest BCUT2D eigenvalue weighted by Gasteiger charge is 2.52. The second kappa shape index (κ2) is 7.94. The minimum absolute atomic E-state index is 0.344. The summed E-state index contributed by atoms with van der Waals surface area (Å²) in [6, 6.07) is 14.6. The predicted octanol–water partition coefficient (Wildman–Crippen LogP) is 2.83. The fourth-order valence-electron chi connectivity index (χ4n) is 4.37. The van der Waals surface area contributed by atoms with Crippen LogP contribution >= 0.6 is 15.9 Å². The average Bonchev–Trinajstić information content (AvgIpc) is 3.35. The summed E-state index contributed by atoms with van der Waals surface area (Å²) < 4.78 is 8.26. The number of anilines is 1. The summed E-state index contributed by atoms with van der Waals surface area (Å²) in [6.45, 7) is 0.550. The van der Waals surface area contributed by atoms with Gasteiger partial charge >= 0.3 is 6.03 Å². The van der Waals surface area contributed by atoms with Gasteiger partial charge in [0.1, 0.15) is 11.9 Å². The molecular formula is C22H21BrN6O3. The van der Waals surface area contributed by atoms with Crippen LogP contribution in [0.25, 0.3) is 11.4 Å². The molecule has 1 fully saturated rings. The van der Waals surface area contributed by atoms with Crippen molar-refractivity contribution in [2.45, 2.75) is 18.6 Å². The zero-order valence-corrected chi connectivity index (χ0v) is 19.1. The normalized spacial score (nSPS) is 19.6. The molecule has 0 spiro atoms. The monoisotopic (exact) mass is 496 g/mol. The van der Waals surface area contributed by atoms with Crippen molar-refractivity contribution in [3.05, 3.63) is 58.6 Å². The first-order valence-electron chi connectivity index (χ1n) is 10.2. The number of amides is 3. The number of hydrogen-bond acceptors (Lipinski definition) is 6. The van der Waals surface area contributed by atoms with Gasteiger partial charge < -0.3 is 14.5 Å². The van der Waals surface area contributed by atoms with Crippen LogP contribution in [0.3, 0.4) is 0 Å². The maximum absolute atomic E-state index is 13.0. The van der Waals surface area contributed by atoms with E-state index in [0.717, 1.165) is 22.0 Å². The Balaban J connectivity index is 1.61. The molecule has 0 radical (unpaired) electrons.